The molecule has 0 aromatic heterocycles. The first-order valence-electron chi connectivity index (χ1n) is 3.72. The summed E-state index contributed by atoms with van der Waals surface area (Å²) in [6.45, 7) is 0.364. The third-order valence-electron chi connectivity index (χ3n) is 1.62. The van der Waals surface area contributed by atoms with Crippen LogP contribution in [0, 0.1) is 0 Å². The van der Waals surface area contributed by atoms with Crippen molar-refractivity contribution in [1.82, 2.24) is 4.72 Å². The fourth-order valence-corrected chi connectivity index (χ4v) is 1.91. The molecule has 0 aromatic rings. The van der Waals surface area contributed by atoms with E-state index in [-0.39, 0.29) is 0 Å². The van der Waals surface area contributed by atoms with Crippen LogP contribution in [-0.4, -0.2) is 33.7 Å². The first-order valence-corrected chi connectivity index (χ1v) is 5.61. The first-order chi connectivity index (χ1) is 5.49. The van der Waals surface area contributed by atoms with Gasteiger partial charge in [-0.15, -0.1) is 0 Å². The van der Waals surface area contributed by atoms with Gasteiger partial charge in [0, 0.05) is 0 Å². The lowest BCUT2D eigenvalue weighted by Crippen LogP contribution is -2.44. The van der Waals surface area contributed by atoms with Crippen molar-refractivity contribution in [2.24, 2.45) is 0 Å². The van der Waals surface area contributed by atoms with Gasteiger partial charge in [-0.2, -0.15) is 0 Å². The minimum atomic E-state index is -3.33. The second kappa shape index (κ2) is 3.68. The molecule has 1 heterocycles. The predicted octanol–water partition coefficient (Wildman–Crippen LogP) is 0.0102. The Labute approximate surface area is 71.1 Å². The molecule has 0 saturated carbocycles. The molecule has 6 heteroatoms. The molecule has 4 nitrogen and oxygen atoms in total. The summed E-state index contributed by atoms with van der Waals surface area (Å²) in [5, 5.41) is 0. The topological polar surface area (TPSA) is 55.4 Å². The zero-order chi connectivity index (χ0) is 9.19. The number of sulfonamides is 1. The molecule has 0 bridgehead atoms. The number of nitrogens with one attached hydrogen (secondary N) is 1. The maximum Gasteiger partial charge on any atom is 0.215 e. The van der Waals surface area contributed by atoms with Crippen LogP contribution in [-0.2, 0) is 14.8 Å². The SMILES string of the molecule is CS(=O)(=O)NC1CCCOC1F. The Morgan fingerprint density at radius 1 is 1.58 bits per heavy atom. The molecule has 0 spiro atoms. The van der Waals surface area contributed by atoms with Crippen molar-refractivity contribution in [2.75, 3.05) is 12.9 Å². The van der Waals surface area contributed by atoms with Crippen molar-refractivity contribution < 1.29 is 17.5 Å². The highest BCUT2D eigenvalue weighted by molar-refractivity contribution is 7.88. The zero-order valence-electron chi connectivity index (χ0n) is 6.79. The summed E-state index contributed by atoms with van der Waals surface area (Å²) in [7, 11) is -3.33. The smallest absolute Gasteiger partial charge is 0.215 e. The Hall–Kier alpha value is -0.200. The van der Waals surface area contributed by atoms with Crippen LogP contribution in [0.3, 0.4) is 0 Å². The molecule has 2 unspecified atom stereocenters. The van der Waals surface area contributed by atoms with E-state index in [2.05, 4.69) is 9.46 Å². The van der Waals surface area contributed by atoms with Gasteiger partial charge < -0.3 is 4.74 Å². The van der Waals surface area contributed by atoms with E-state index < -0.39 is 22.4 Å². The molecular weight excluding hydrogens is 185 g/mol. The Morgan fingerprint density at radius 2 is 2.25 bits per heavy atom. The Morgan fingerprint density at radius 3 is 2.75 bits per heavy atom. The van der Waals surface area contributed by atoms with Gasteiger partial charge in [-0.3, -0.25) is 0 Å². The summed E-state index contributed by atoms with van der Waals surface area (Å²) in [6.07, 6.45) is 0.685. The number of hydrogen-bond donors (Lipinski definition) is 1. The highest BCUT2D eigenvalue weighted by atomic mass is 32.2. The van der Waals surface area contributed by atoms with Gasteiger partial charge in [0.25, 0.3) is 0 Å². The van der Waals surface area contributed by atoms with Crippen LogP contribution in [0.15, 0.2) is 0 Å². The van der Waals surface area contributed by atoms with Gasteiger partial charge in [-0.25, -0.2) is 17.5 Å². The van der Waals surface area contributed by atoms with Crippen LogP contribution in [0.5, 0.6) is 0 Å². The van der Waals surface area contributed by atoms with Crippen molar-refractivity contribution in [1.29, 1.82) is 0 Å². The predicted molar refractivity (Wildman–Crippen MR) is 41.8 cm³/mol. The number of alkyl halides is 1. The molecule has 1 N–H and O–H groups in total. The molecule has 72 valence electrons. The van der Waals surface area contributed by atoms with Crippen molar-refractivity contribution in [3.05, 3.63) is 0 Å². The molecule has 2 atom stereocenters. The molecule has 12 heavy (non-hydrogen) atoms. The van der Waals surface area contributed by atoms with Crippen molar-refractivity contribution in [2.45, 2.75) is 25.2 Å². The average molecular weight is 197 g/mol. The van der Waals surface area contributed by atoms with Gasteiger partial charge in [0.05, 0.1) is 18.9 Å². The summed E-state index contributed by atoms with van der Waals surface area (Å²) in [5.74, 6) is 0. The lowest BCUT2D eigenvalue weighted by Gasteiger charge is -2.25. The van der Waals surface area contributed by atoms with Crippen LogP contribution in [0.25, 0.3) is 0 Å². The summed E-state index contributed by atoms with van der Waals surface area (Å²) in [4.78, 5) is 0. The number of rotatable bonds is 2. The van der Waals surface area contributed by atoms with E-state index in [4.69, 9.17) is 0 Å². The second-order valence-corrected chi connectivity index (χ2v) is 4.64. The highest BCUT2D eigenvalue weighted by Gasteiger charge is 2.27. The highest BCUT2D eigenvalue weighted by Crippen LogP contribution is 2.15. The quantitative estimate of drug-likeness (QED) is 0.678. The zero-order valence-corrected chi connectivity index (χ0v) is 7.60. The largest absolute Gasteiger partial charge is 0.347 e. The van der Waals surface area contributed by atoms with Crippen molar-refractivity contribution in [3.63, 3.8) is 0 Å². The summed E-state index contributed by atoms with van der Waals surface area (Å²) < 4.78 is 41.1. The minimum Gasteiger partial charge on any atom is -0.347 e. The Bertz CT molecular complexity index is 241. The van der Waals surface area contributed by atoms with Crippen LogP contribution >= 0.6 is 0 Å². The van der Waals surface area contributed by atoms with Crippen LogP contribution < -0.4 is 4.72 Å². The van der Waals surface area contributed by atoms with Gasteiger partial charge in [0.15, 0.2) is 0 Å². The van der Waals surface area contributed by atoms with Gasteiger partial charge in [0.1, 0.15) is 0 Å². The third-order valence-corrected chi connectivity index (χ3v) is 2.35. The molecule has 1 aliphatic rings. The maximum absolute atomic E-state index is 12.8. The summed E-state index contributed by atoms with van der Waals surface area (Å²) >= 11 is 0. The molecule has 1 rings (SSSR count). The molecule has 1 saturated heterocycles. The van der Waals surface area contributed by atoms with E-state index in [1.165, 1.54) is 0 Å². The molecule has 1 aliphatic heterocycles. The van der Waals surface area contributed by atoms with Crippen molar-refractivity contribution >= 4 is 10.0 Å². The van der Waals surface area contributed by atoms with E-state index in [1.807, 2.05) is 0 Å². The molecule has 0 radical (unpaired) electrons. The average Bonchev–Trinajstić information content (AvgIpc) is 1.91. The van der Waals surface area contributed by atoms with E-state index in [1.54, 1.807) is 0 Å². The number of hydrogen-bond acceptors (Lipinski definition) is 3. The minimum absolute atomic E-state index is 0.364. The molecule has 1 fully saturated rings. The number of halogens is 1. The standard InChI is InChI=1S/C6H12FNO3S/c1-12(9,10)8-5-3-2-4-11-6(5)7/h5-6,8H,2-4H2,1H3. The third kappa shape index (κ3) is 3.04. The van der Waals surface area contributed by atoms with Gasteiger partial charge in [0.2, 0.25) is 16.4 Å². The molecule has 0 amide bonds. The molecular formula is C6H12FNO3S. The Balaban J connectivity index is 2.50. The fourth-order valence-electron chi connectivity index (χ4n) is 1.13. The maximum atomic E-state index is 12.8. The summed E-state index contributed by atoms with van der Waals surface area (Å²) in [6, 6.07) is -0.714. The second-order valence-electron chi connectivity index (χ2n) is 2.86. The summed E-state index contributed by atoms with van der Waals surface area (Å²) in [5.41, 5.74) is 0. The van der Waals surface area contributed by atoms with Gasteiger partial charge in [-0.1, -0.05) is 0 Å². The monoisotopic (exact) mass is 197 g/mol. The lowest BCUT2D eigenvalue weighted by molar-refractivity contribution is -0.0844. The van der Waals surface area contributed by atoms with Crippen molar-refractivity contribution in [3.8, 4) is 0 Å². The van der Waals surface area contributed by atoms with Crippen LogP contribution in [0.4, 0.5) is 4.39 Å². The number of ether oxygens (including phenoxy) is 1. The molecule has 0 aliphatic carbocycles. The Kier molecular flexibility index (Phi) is 3.03. The fraction of sp³-hybridized carbons (Fsp3) is 1.00. The van der Waals surface area contributed by atoms with E-state index in [0.29, 0.717) is 19.4 Å². The van der Waals surface area contributed by atoms with E-state index >= 15 is 0 Å². The lowest BCUT2D eigenvalue weighted by atomic mass is 10.1. The van der Waals surface area contributed by atoms with Crippen LogP contribution in [0.1, 0.15) is 12.8 Å². The van der Waals surface area contributed by atoms with E-state index in [0.717, 1.165) is 6.26 Å². The van der Waals surface area contributed by atoms with Crippen LogP contribution in [0.2, 0.25) is 0 Å². The van der Waals surface area contributed by atoms with E-state index in [9.17, 15) is 12.8 Å². The van der Waals surface area contributed by atoms with Gasteiger partial charge in [-0.05, 0) is 12.8 Å². The molecule has 0 aromatic carbocycles. The first kappa shape index (κ1) is 9.88. The normalized spacial score (nSPS) is 31.8. The van der Waals surface area contributed by atoms with Gasteiger partial charge >= 0.3 is 0 Å².